The molecule has 0 spiro atoms. The summed E-state index contributed by atoms with van der Waals surface area (Å²) < 4.78 is 68.6. The maximum absolute atomic E-state index is 13.2. The highest BCUT2D eigenvalue weighted by atomic mass is 32.2. The molecule has 0 saturated carbocycles. The SMILES string of the molecule is Cn1cc(C(ON=C2CCNCC2)S(=O)(=O)c2ccc(OC(F)(F)F)cc2)ccc1=O. The number of halogens is 3. The molecule has 0 aliphatic carbocycles. The molecule has 0 radical (unpaired) electrons. The van der Waals surface area contributed by atoms with Crippen LogP contribution in [0, 0.1) is 0 Å². The second-order valence-electron chi connectivity index (χ2n) is 6.82. The molecule has 1 aromatic carbocycles. The zero-order valence-corrected chi connectivity index (χ0v) is 17.2. The molecule has 2 heterocycles. The van der Waals surface area contributed by atoms with Crippen molar-refractivity contribution in [2.24, 2.45) is 12.2 Å². The number of hydrogen-bond acceptors (Lipinski definition) is 7. The molecular formula is C19H20F3N3O5S. The van der Waals surface area contributed by atoms with Crippen molar-refractivity contribution in [3.63, 3.8) is 0 Å². The van der Waals surface area contributed by atoms with Crippen molar-refractivity contribution in [2.45, 2.75) is 29.5 Å². The highest BCUT2D eigenvalue weighted by Gasteiger charge is 2.34. The summed E-state index contributed by atoms with van der Waals surface area (Å²) in [5.74, 6) is -0.555. The standard InChI is InChI=1S/C19H20F3N3O5S/c1-25-12-13(2-7-17(25)26)18(30-24-14-8-10-23-11-9-14)31(27,28)16-5-3-15(4-6-16)29-19(20,21)22/h2-7,12,18,23H,8-11H2,1H3. The summed E-state index contributed by atoms with van der Waals surface area (Å²) in [5, 5.41) is 7.15. The molecule has 0 amide bonds. The van der Waals surface area contributed by atoms with Gasteiger partial charge in [-0.2, -0.15) is 0 Å². The first kappa shape index (κ1) is 22.8. The number of benzene rings is 1. The Morgan fingerprint density at radius 3 is 2.32 bits per heavy atom. The Morgan fingerprint density at radius 2 is 1.74 bits per heavy atom. The number of pyridine rings is 1. The van der Waals surface area contributed by atoms with Gasteiger partial charge in [-0.25, -0.2) is 8.42 Å². The molecular weight excluding hydrogens is 439 g/mol. The molecule has 1 aliphatic rings. The predicted molar refractivity (Wildman–Crippen MR) is 105 cm³/mol. The molecule has 8 nitrogen and oxygen atoms in total. The number of piperidine rings is 1. The van der Waals surface area contributed by atoms with E-state index in [1.165, 1.54) is 29.9 Å². The summed E-state index contributed by atoms with van der Waals surface area (Å²) in [6, 6.07) is 6.29. The largest absolute Gasteiger partial charge is 0.573 e. The van der Waals surface area contributed by atoms with Gasteiger partial charge in [0.15, 0.2) is 0 Å². The zero-order valence-electron chi connectivity index (χ0n) is 16.4. The third-order valence-corrected chi connectivity index (χ3v) is 6.36. The van der Waals surface area contributed by atoms with Crippen molar-refractivity contribution < 1.29 is 31.2 Å². The first-order valence-electron chi connectivity index (χ1n) is 9.25. The number of oxime groups is 1. The van der Waals surface area contributed by atoms with Gasteiger partial charge in [-0.05, 0) is 30.3 Å². The van der Waals surface area contributed by atoms with Crippen LogP contribution in [-0.4, -0.2) is 38.1 Å². The van der Waals surface area contributed by atoms with Gasteiger partial charge in [-0.1, -0.05) is 5.16 Å². The van der Waals surface area contributed by atoms with Crippen molar-refractivity contribution in [3.05, 3.63) is 58.5 Å². The monoisotopic (exact) mass is 459 g/mol. The van der Waals surface area contributed by atoms with Crippen molar-refractivity contribution >= 4 is 15.5 Å². The maximum atomic E-state index is 13.2. The second kappa shape index (κ2) is 9.10. The summed E-state index contributed by atoms with van der Waals surface area (Å²) in [6.45, 7) is 1.36. The number of aryl methyl sites for hydroxylation is 1. The van der Waals surface area contributed by atoms with Crippen molar-refractivity contribution in [1.29, 1.82) is 0 Å². The van der Waals surface area contributed by atoms with E-state index in [2.05, 4.69) is 15.2 Å². The van der Waals surface area contributed by atoms with Gasteiger partial charge < -0.3 is 19.5 Å². The van der Waals surface area contributed by atoms with Crippen molar-refractivity contribution in [1.82, 2.24) is 9.88 Å². The fourth-order valence-corrected chi connectivity index (χ4v) is 4.35. The number of alkyl halides is 3. The van der Waals surface area contributed by atoms with Gasteiger partial charge in [0.2, 0.25) is 15.4 Å². The lowest BCUT2D eigenvalue weighted by molar-refractivity contribution is -0.274. The van der Waals surface area contributed by atoms with E-state index in [0.717, 1.165) is 24.3 Å². The van der Waals surface area contributed by atoms with Gasteiger partial charge in [-0.15, -0.1) is 13.2 Å². The lowest BCUT2D eigenvalue weighted by Gasteiger charge is -2.19. The van der Waals surface area contributed by atoms with E-state index >= 15 is 0 Å². The third kappa shape index (κ3) is 5.85. The second-order valence-corrected chi connectivity index (χ2v) is 8.81. The molecule has 1 N–H and O–H groups in total. The zero-order chi connectivity index (χ0) is 22.6. The van der Waals surface area contributed by atoms with E-state index in [9.17, 15) is 26.4 Å². The van der Waals surface area contributed by atoms with Crippen LogP contribution < -0.4 is 15.6 Å². The van der Waals surface area contributed by atoms with E-state index in [1.807, 2.05) is 0 Å². The van der Waals surface area contributed by atoms with Gasteiger partial charge in [0, 0.05) is 50.8 Å². The first-order chi connectivity index (χ1) is 14.6. The highest BCUT2D eigenvalue weighted by Crippen LogP contribution is 2.32. The quantitative estimate of drug-likeness (QED) is 0.667. The van der Waals surface area contributed by atoms with E-state index < -0.39 is 27.4 Å². The van der Waals surface area contributed by atoms with E-state index in [1.54, 1.807) is 0 Å². The summed E-state index contributed by atoms with van der Waals surface area (Å²) >= 11 is 0. The topological polar surface area (TPSA) is 99.0 Å². The Labute approximate surface area is 176 Å². The molecule has 0 bridgehead atoms. The molecule has 2 aromatic rings. The van der Waals surface area contributed by atoms with Crippen LogP contribution in [0.25, 0.3) is 0 Å². The smallest absolute Gasteiger partial charge is 0.406 e. The van der Waals surface area contributed by atoms with Gasteiger partial charge in [0.1, 0.15) is 5.75 Å². The summed E-state index contributed by atoms with van der Waals surface area (Å²) in [4.78, 5) is 16.9. The van der Waals surface area contributed by atoms with Gasteiger partial charge in [0.25, 0.3) is 5.44 Å². The summed E-state index contributed by atoms with van der Waals surface area (Å²) in [5.41, 5.74) is -1.12. The number of ether oxygens (including phenoxy) is 1. The minimum atomic E-state index is -4.90. The summed E-state index contributed by atoms with van der Waals surface area (Å²) in [7, 11) is -2.79. The molecule has 1 aromatic heterocycles. The molecule has 12 heteroatoms. The lowest BCUT2D eigenvalue weighted by Crippen LogP contribution is -2.28. The number of nitrogens with one attached hydrogen (secondary N) is 1. The maximum Gasteiger partial charge on any atom is 0.573 e. The first-order valence-corrected chi connectivity index (χ1v) is 10.8. The molecule has 1 atom stereocenters. The van der Waals surface area contributed by atoms with E-state index in [4.69, 9.17) is 4.84 Å². The molecule has 1 fully saturated rings. The Bertz CT molecular complexity index is 1100. The Kier molecular flexibility index (Phi) is 6.70. The minimum absolute atomic E-state index is 0.149. The molecule has 1 unspecified atom stereocenters. The number of rotatable bonds is 6. The van der Waals surface area contributed by atoms with Crippen LogP contribution in [-0.2, 0) is 21.7 Å². The Balaban J connectivity index is 1.96. The normalized spacial score (nSPS) is 15.9. The fraction of sp³-hybridized carbons (Fsp3) is 0.368. The average Bonchev–Trinajstić information content (AvgIpc) is 2.70. The Morgan fingerprint density at radius 1 is 1.10 bits per heavy atom. The Hall–Kier alpha value is -2.86. The van der Waals surface area contributed by atoms with Crippen LogP contribution in [0.15, 0.2) is 57.4 Å². The number of sulfone groups is 1. The highest BCUT2D eigenvalue weighted by molar-refractivity contribution is 7.91. The van der Waals surface area contributed by atoms with Crippen LogP contribution in [0.3, 0.4) is 0 Å². The van der Waals surface area contributed by atoms with Crippen LogP contribution in [0.4, 0.5) is 13.2 Å². The minimum Gasteiger partial charge on any atom is -0.406 e. The van der Waals surface area contributed by atoms with Crippen LogP contribution in [0.2, 0.25) is 0 Å². The van der Waals surface area contributed by atoms with Crippen LogP contribution in [0.5, 0.6) is 5.75 Å². The average molecular weight is 459 g/mol. The number of aromatic nitrogens is 1. The van der Waals surface area contributed by atoms with Crippen LogP contribution in [0.1, 0.15) is 23.8 Å². The number of hydrogen-bond donors (Lipinski definition) is 1. The van der Waals surface area contributed by atoms with Gasteiger partial charge in [0.05, 0.1) is 10.6 Å². The lowest BCUT2D eigenvalue weighted by atomic mass is 10.1. The number of nitrogens with zero attached hydrogens (tertiary/aromatic N) is 2. The third-order valence-electron chi connectivity index (χ3n) is 4.51. The fourth-order valence-electron chi connectivity index (χ4n) is 2.94. The predicted octanol–water partition coefficient (Wildman–Crippen LogP) is 2.51. The van der Waals surface area contributed by atoms with Crippen molar-refractivity contribution in [2.75, 3.05) is 13.1 Å². The molecule has 1 saturated heterocycles. The van der Waals surface area contributed by atoms with Gasteiger partial charge >= 0.3 is 6.36 Å². The van der Waals surface area contributed by atoms with Crippen LogP contribution >= 0.6 is 0 Å². The summed E-state index contributed by atoms with van der Waals surface area (Å²) in [6.07, 6.45) is -2.41. The van der Waals surface area contributed by atoms with E-state index in [0.29, 0.717) is 31.6 Å². The molecule has 168 valence electrons. The molecule has 31 heavy (non-hydrogen) atoms. The molecule has 3 rings (SSSR count). The molecule has 1 aliphatic heterocycles. The van der Waals surface area contributed by atoms with Crippen molar-refractivity contribution in [3.8, 4) is 5.75 Å². The van der Waals surface area contributed by atoms with Gasteiger partial charge in [-0.3, -0.25) is 4.79 Å². The van der Waals surface area contributed by atoms with E-state index in [-0.39, 0.29) is 16.0 Å².